The van der Waals surface area contributed by atoms with Crippen LogP contribution in [0.3, 0.4) is 0 Å². The highest BCUT2D eigenvalue weighted by Crippen LogP contribution is 2.20. The van der Waals surface area contributed by atoms with Crippen molar-refractivity contribution in [2.75, 3.05) is 7.11 Å². The van der Waals surface area contributed by atoms with Crippen LogP contribution in [0.4, 0.5) is 0 Å². The van der Waals surface area contributed by atoms with Crippen molar-refractivity contribution in [2.24, 2.45) is 0 Å². The number of para-hydroxylation sites is 1. The van der Waals surface area contributed by atoms with Gasteiger partial charge in [0.05, 0.1) is 24.4 Å². The molecule has 0 aliphatic heterocycles. The topological polar surface area (TPSA) is 78.2 Å². The van der Waals surface area contributed by atoms with Gasteiger partial charge in [-0.15, -0.1) is 0 Å². The van der Waals surface area contributed by atoms with E-state index in [9.17, 15) is 9.59 Å². The molecular formula is C24H24N4O3. The van der Waals surface area contributed by atoms with Gasteiger partial charge < -0.3 is 10.1 Å². The van der Waals surface area contributed by atoms with Gasteiger partial charge in [0.15, 0.2) is 5.65 Å². The molecule has 2 aromatic carbocycles. The number of imidazole rings is 1. The Balaban J connectivity index is 1.63. The maximum atomic E-state index is 13.2. The summed E-state index contributed by atoms with van der Waals surface area (Å²) in [6.07, 6.45) is 2.36. The SMILES string of the molecule is CC[C@@H](NC(=O)Cn1c(=O)n(-c2ccccc2)c2ncccc21)c1ccc(OC)cc1. The molecule has 0 radical (unpaired) electrons. The van der Waals surface area contributed by atoms with Gasteiger partial charge in [0.1, 0.15) is 12.3 Å². The number of carbonyl (C=O) groups is 1. The van der Waals surface area contributed by atoms with Crippen molar-refractivity contribution in [3.63, 3.8) is 0 Å². The van der Waals surface area contributed by atoms with Crippen LogP contribution >= 0.6 is 0 Å². The van der Waals surface area contributed by atoms with Crippen molar-refractivity contribution in [1.82, 2.24) is 19.4 Å². The summed E-state index contributed by atoms with van der Waals surface area (Å²) in [5.74, 6) is 0.526. The standard InChI is InChI=1S/C24H24N4O3/c1-3-20(17-11-13-19(31-2)14-12-17)26-22(29)16-27-21-10-7-15-25-23(21)28(24(27)30)18-8-5-4-6-9-18/h4-15,20H,3,16H2,1-2H3,(H,26,29)/t20-/m1/s1. The molecule has 7 nitrogen and oxygen atoms in total. The van der Waals surface area contributed by atoms with E-state index in [1.165, 1.54) is 9.13 Å². The lowest BCUT2D eigenvalue weighted by atomic mass is 10.0. The number of nitrogens with one attached hydrogen (secondary N) is 1. The fraction of sp³-hybridized carbons (Fsp3) is 0.208. The van der Waals surface area contributed by atoms with Crippen LogP contribution in [0.25, 0.3) is 16.9 Å². The lowest BCUT2D eigenvalue weighted by Crippen LogP contribution is -2.35. The lowest BCUT2D eigenvalue weighted by Gasteiger charge is -2.18. The monoisotopic (exact) mass is 416 g/mol. The Morgan fingerprint density at radius 2 is 1.81 bits per heavy atom. The van der Waals surface area contributed by atoms with E-state index in [2.05, 4.69) is 10.3 Å². The number of methoxy groups -OCH3 is 1. The van der Waals surface area contributed by atoms with Gasteiger partial charge in [-0.3, -0.25) is 9.36 Å². The van der Waals surface area contributed by atoms with Crippen molar-refractivity contribution >= 4 is 17.1 Å². The lowest BCUT2D eigenvalue weighted by molar-refractivity contribution is -0.122. The van der Waals surface area contributed by atoms with Crippen LogP contribution in [0.5, 0.6) is 5.75 Å². The van der Waals surface area contributed by atoms with E-state index in [1.54, 1.807) is 25.4 Å². The highest BCUT2D eigenvalue weighted by molar-refractivity contribution is 5.80. The predicted molar refractivity (Wildman–Crippen MR) is 119 cm³/mol. The number of benzene rings is 2. The van der Waals surface area contributed by atoms with E-state index in [0.717, 1.165) is 17.7 Å². The number of ether oxygens (including phenoxy) is 1. The van der Waals surface area contributed by atoms with Gasteiger partial charge in [-0.1, -0.05) is 37.3 Å². The largest absolute Gasteiger partial charge is 0.497 e. The van der Waals surface area contributed by atoms with E-state index in [4.69, 9.17) is 4.74 Å². The molecule has 0 spiro atoms. The van der Waals surface area contributed by atoms with Crippen LogP contribution in [0.1, 0.15) is 24.9 Å². The number of carbonyl (C=O) groups excluding carboxylic acids is 1. The Hall–Kier alpha value is -3.87. The second-order valence-corrected chi connectivity index (χ2v) is 7.19. The highest BCUT2D eigenvalue weighted by atomic mass is 16.5. The summed E-state index contributed by atoms with van der Waals surface area (Å²) in [4.78, 5) is 30.5. The molecule has 1 amide bonds. The zero-order chi connectivity index (χ0) is 21.8. The first-order valence-corrected chi connectivity index (χ1v) is 10.2. The third-order valence-electron chi connectivity index (χ3n) is 5.27. The van der Waals surface area contributed by atoms with E-state index < -0.39 is 0 Å². The highest BCUT2D eigenvalue weighted by Gasteiger charge is 2.19. The van der Waals surface area contributed by atoms with E-state index >= 15 is 0 Å². The first kappa shape index (κ1) is 20.4. The van der Waals surface area contributed by atoms with E-state index in [1.807, 2.05) is 61.5 Å². The second kappa shape index (κ2) is 8.87. The zero-order valence-electron chi connectivity index (χ0n) is 17.5. The molecule has 4 rings (SSSR count). The number of nitrogens with zero attached hydrogens (tertiary/aromatic N) is 3. The minimum atomic E-state index is -0.299. The van der Waals surface area contributed by atoms with Gasteiger partial charge in [-0.2, -0.15) is 0 Å². The fourth-order valence-corrected chi connectivity index (χ4v) is 3.69. The Kier molecular flexibility index (Phi) is 5.84. The smallest absolute Gasteiger partial charge is 0.335 e. The van der Waals surface area contributed by atoms with Crippen molar-refractivity contribution in [3.8, 4) is 11.4 Å². The number of pyridine rings is 1. The average Bonchev–Trinajstić information content (AvgIpc) is 3.09. The third-order valence-corrected chi connectivity index (χ3v) is 5.27. The minimum Gasteiger partial charge on any atom is -0.497 e. The van der Waals surface area contributed by atoms with Gasteiger partial charge in [0.2, 0.25) is 5.91 Å². The summed E-state index contributed by atoms with van der Waals surface area (Å²) in [5, 5.41) is 3.04. The number of amides is 1. The van der Waals surface area contributed by atoms with Gasteiger partial charge >= 0.3 is 5.69 Å². The molecule has 158 valence electrons. The summed E-state index contributed by atoms with van der Waals surface area (Å²) in [6, 6.07) is 20.3. The number of aromatic nitrogens is 3. The van der Waals surface area contributed by atoms with Crippen LogP contribution in [0.15, 0.2) is 77.7 Å². The first-order valence-electron chi connectivity index (χ1n) is 10.2. The van der Waals surface area contributed by atoms with Gasteiger partial charge in [0, 0.05) is 6.20 Å². The quantitative estimate of drug-likeness (QED) is 0.500. The molecule has 0 aliphatic rings. The number of rotatable bonds is 7. The molecule has 0 unspecified atom stereocenters. The zero-order valence-corrected chi connectivity index (χ0v) is 17.5. The van der Waals surface area contributed by atoms with Crippen LogP contribution < -0.4 is 15.7 Å². The molecule has 2 aromatic heterocycles. The Morgan fingerprint density at radius 3 is 2.48 bits per heavy atom. The molecule has 31 heavy (non-hydrogen) atoms. The predicted octanol–water partition coefficient (Wildman–Crippen LogP) is 3.46. The van der Waals surface area contributed by atoms with Gasteiger partial charge in [0.25, 0.3) is 0 Å². The Bertz CT molecular complexity index is 1240. The summed E-state index contributed by atoms with van der Waals surface area (Å²) < 4.78 is 8.20. The van der Waals surface area contributed by atoms with E-state index in [-0.39, 0.29) is 24.2 Å². The van der Waals surface area contributed by atoms with Crippen LogP contribution in [-0.2, 0) is 11.3 Å². The van der Waals surface area contributed by atoms with Crippen molar-refractivity contribution < 1.29 is 9.53 Å². The first-order chi connectivity index (χ1) is 15.1. The molecule has 4 aromatic rings. The molecule has 1 atom stereocenters. The second-order valence-electron chi connectivity index (χ2n) is 7.19. The fourth-order valence-electron chi connectivity index (χ4n) is 3.69. The molecule has 1 N–H and O–H groups in total. The Morgan fingerprint density at radius 1 is 1.06 bits per heavy atom. The molecule has 0 aliphatic carbocycles. The third kappa shape index (κ3) is 4.07. The molecule has 7 heteroatoms. The minimum absolute atomic E-state index is 0.0898. The molecule has 2 heterocycles. The number of hydrogen-bond acceptors (Lipinski definition) is 4. The van der Waals surface area contributed by atoms with Crippen molar-refractivity contribution in [1.29, 1.82) is 0 Å². The van der Waals surface area contributed by atoms with Crippen molar-refractivity contribution in [3.05, 3.63) is 89.0 Å². The normalized spacial score (nSPS) is 11.9. The van der Waals surface area contributed by atoms with Crippen LogP contribution in [0, 0.1) is 0 Å². The number of hydrogen-bond donors (Lipinski definition) is 1. The maximum Gasteiger partial charge on any atom is 0.335 e. The molecular weight excluding hydrogens is 392 g/mol. The summed E-state index contributed by atoms with van der Waals surface area (Å²) >= 11 is 0. The molecule has 0 bridgehead atoms. The Labute approximate surface area is 179 Å². The maximum absolute atomic E-state index is 13.2. The van der Waals surface area contributed by atoms with E-state index in [0.29, 0.717) is 16.9 Å². The van der Waals surface area contributed by atoms with Crippen LogP contribution in [-0.4, -0.2) is 27.1 Å². The van der Waals surface area contributed by atoms with Gasteiger partial charge in [-0.05, 0) is 48.4 Å². The van der Waals surface area contributed by atoms with Crippen molar-refractivity contribution in [2.45, 2.75) is 25.9 Å². The molecule has 0 saturated carbocycles. The molecule has 0 fully saturated rings. The summed E-state index contributed by atoms with van der Waals surface area (Å²) in [7, 11) is 1.62. The number of fused-ring (bicyclic) bond motifs is 1. The van der Waals surface area contributed by atoms with Crippen LogP contribution in [0.2, 0.25) is 0 Å². The molecule has 0 saturated heterocycles. The average molecular weight is 416 g/mol. The summed E-state index contributed by atoms with van der Waals surface area (Å²) in [5.41, 5.74) is 2.53. The van der Waals surface area contributed by atoms with Gasteiger partial charge in [-0.25, -0.2) is 14.3 Å². The summed E-state index contributed by atoms with van der Waals surface area (Å²) in [6.45, 7) is 1.92.